The first kappa shape index (κ1) is 15.0. The second-order valence-corrected chi connectivity index (χ2v) is 4.90. The minimum absolute atomic E-state index is 0.0505. The van der Waals surface area contributed by atoms with Gasteiger partial charge in [0.25, 0.3) is 0 Å². The summed E-state index contributed by atoms with van der Waals surface area (Å²) in [6.45, 7) is 1.50. The Morgan fingerprint density at radius 2 is 2.00 bits per heavy atom. The van der Waals surface area contributed by atoms with Crippen molar-refractivity contribution >= 4 is 18.1 Å². The van der Waals surface area contributed by atoms with Crippen molar-refractivity contribution in [2.24, 2.45) is 0 Å². The Balaban J connectivity index is 2.97. The zero-order valence-electron chi connectivity index (χ0n) is 9.27. The Bertz CT molecular complexity index is 450. The first-order valence-corrected chi connectivity index (χ1v) is 6.09. The van der Waals surface area contributed by atoms with Gasteiger partial charge in [-0.1, -0.05) is 6.07 Å². The van der Waals surface area contributed by atoms with Gasteiger partial charge in [-0.3, -0.25) is 4.21 Å². The normalized spacial score (nSPS) is 13.2. The molecular weight excluding hydrogens is 272 g/mol. The smallest absolute Gasteiger partial charge is 0.512 e. The summed E-state index contributed by atoms with van der Waals surface area (Å²) in [5.74, 6) is -1.53. The van der Waals surface area contributed by atoms with Gasteiger partial charge >= 0.3 is 13.5 Å². The molecule has 0 radical (unpaired) electrons. The predicted octanol–water partition coefficient (Wildman–Crippen LogP) is 1.01. The van der Waals surface area contributed by atoms with Gasteiger partial charge in [0.15, 0.2) is 0 Å². The lowest BCUT2D eigenvalue weighted by Gasteiger charge is -2.11. The minimum Gasteiger partial charge on any atom is -0.512 e. The molecule has 2 N–H and O–H groups in total. The third-order valence-electron chi connectivity index (χ3n) is 1.94. The highest BCUT2D eigenvalue weighted by molar-refractivity contribution is 7.85. The van der Waals surface area contributed by atoms with Crippen LogP contribution in [0.15, 0.2) is 23.1 Å². The second-order valence-electron chi connectivity index (χ2n) is 3.48. The van der Waals surface area contributed by atoms with Crippen LogP contribution in [0.5, 0.6) is 5.75 Å². The Hall–Kier alpha value is -1.06. The molecule has 0 aliphatic rings. The second kappa shape index (κ2) is 5.72. The monoisotopic (exact) mass is 282 g/mol. The maximum absolute atomic E-state index is 12.1. The van der Waals surface area contributed by atoms with Gasteiger partial charge in [0.1, 0.15) is 11.5 Å². The van der Waals surface area contributed by atoms with Gasteiger partial charge in [0.2, 0.25) is 0 Å². The van der Waals surface area contributed by atoms with E-state index in [-0.39, 0.29) is 10.6 Å². The lowest BCUT2D eigenvalue weighted by molar-refractivity contribution is -0.105. The van der Waals surface area contributed by atoms with Crippen LogP contribution in [0, 0.1) is 6.92 Å². The number of benzene rings is 1. The highest BCUT2D eigenvalue weighted by Crippen LogP contribution is 2.25. The first-order valence-electron chi connectivity index (χ1n) is 4.77. The van der Waals surface area contributed by atoms with Gasteiger partial charge in [-0.05, 0) is 24.6 Å². The fraction of sp³-hybridized carbons (Fsp3) is 0.333. The average Bonchev–Trinajstić information content (AvgIpc) is 2.17. The summed E-state index contributed by atoms with van der Waals surface area (Å²) < 4.78 is 52.4. The van der Waals surface area contributed by atoms with Crippen LogP contribution in [0.3, 0.4) is 0 Å². The van der Waals surface area contributed by atoms with Crippen LogP contribution in [0.2, 0.25) is 0 Å². The number of hydrogen-bond acceptors (Lipinski definition) is 4. The number of aryl methyl sites for hydroxylation is 1. The first-order chi connectivity index (χ1) is 8.19. The zero-order chi connectivity index (χ0) is 13.9. The number of alkyl halides is 3. The van der Waals surface area contributed by atoms with E-state index in [0.717, 1.165) is 6.07 Å². The highest BCUT2D eigenvalue weighted by atomic mass is 32.2. The summed E-state index contributed by atoms with van der Waals surface area (Å²) in [7, 11) is -4.34. The van der Waals surface area contributed by atoms with Crippen LogP contribution in [0.25, 0.3) is 0 Å². The Morgan fingerprint density at radius 1 is 1.39 bits per heavy atom. The fourth-order valence-corrected chi connectivity index (χ4v) is 2.37. The van der Waals surface area contributed by atoms with Crippen molar-refractivity contribution in [2.75, 3.05) is 5.75 Å². The van der Waals surface area contributed by atoms with Crippen LogP contribution in [0.1, 0.15) is 5.56 Å². The molecule has 0 fully saturated rings. The van der Waals surface area contributed by atoms with Gasteiger partial charge in [-0.25, -0.2) is 0 Å². The SMILES string of the molecule is Cc1ccc(OB(O)O)cc1S(=O)CC(F)(F)F. The zero-order valence-corrected chi connectivity index (χ0v) is 10.1. The molecule has 0 amide bonds. The molecule has 18 heavy (non-hydrogen) atoms. The molecular formula is C9H10BF3O4S. The van der Waals surface area contributed by atoms with Gasteiger partial charge in [0.05, 0.1) is 10.8 Å². The summed E-state index contributed by atoms with van der Waals surface area (Å²) in [4.78, 5) is -0.0505. The van der Waals surface area contributed by atoms with Crippen molar-refractivity contribution in [3.63, 3.8) is 0 Å². The molecule has 0 aromatic heterocycles. The minimum atomic E-state index is -4.54. The average molecular weight is 282 g/mol. The van der Waals surface area contributed by atoms with E-state index >= 15 is 0 Å². The lowest BCUT2D eigenvalue weighted by Crippen LogP contribution is -2.21. The molecule has 0 saturated heterocycles. The summed E-state index contributed by atoms with van der Waals surface area (Å²) >= 11 is 0. The molecule has 100 valence electrons. The van der Waals surface area contributed by atoms with E-state index in [2.05, 4.69) is 4.65 Å². The number of halogens is 3. The maximum Gasteiger partial charge on any atom is 0.707 e. The summed E-state index contributed by atoms with van der Waals surface area (Å²) in [6, 6.07) is 3.82. The van der Waals surface area contributed by atoms with E-state index in [4.69, 9.17) is 10.0 Å². The van der Waals surface area contributed by atoms with Crippen LogP contribution >= 0.6 is 0 Å². The van der Waals surface area contributed by atoms with Crippen molar-refractivity contribution in [3.05, 3.63) is 23.8 Å². The molecule has 1 unspecified atom stereocenters. The van der Waals surface area contributed by atoms with Crippen LogP contribution < -0.4 is 4.65 Å². The third kappa shape index (κ3) is 4.67. The van der Waals surface area contributed by atoms with Gasteiger partial charge in [-0.15, -0.1) is 0 Å². The molecule has 9 heteroatoms. The van der Waals surface area contributed by atoms with Crippen LogP contribution in [-0.4, -0.2) is 33.5 Å². The van der Waals surface area contributed by atoms with Gasteiger partial charge < -0.3 is 14.7 Å². The number of hydrogen-bond donors (Lipinski definition) is 2. The molecule has 4 nitrogen and oxygen atoms in total. The van der Waals surface area contributed by atoms with Crippen molar-refractivity contribution in [1.29, 1.82) is 0 Å². The van der Waals surface area contributed by atoms with E-state index in [1.807, 2.05) is 0 Å². The van der Waals surface area contributed by atoms with Crippen LogP contribution in [0.4, 0.5) is 13.2 Å². The molecule has 0 aliphatic heterocycles. The Kier molecular flexibility index (Phi) is 4.77. The molecule has 0 heterocycles. The molecule has 0 bridgehead atoms. The third-order valence-corrected chi connectivity index (χ3v) is 3.46. The molecule has 1 atom stereocenters. The molecule has 1 aromatic rings. The van der Waals surface area contributed by atoms with Crippen LogP contribution in [-0.2, 0) is 10.8 Å². The van der Waals surface area contributed by atoms with Crippen molar-refractivity contribution in [1.82, 2.24) is 0 Å². The molecule has 1 rings (SSSR count). The van der Waals surface area contributed by atoms with Gasteiger partial charge in [-0.2, -0.15) is 13.2 Å². The van der Waals surface area contributed by atoms with E-state index in [1.165, 1.54) is 19.1 Å². The molecule has 1 aromatic carbocycles. The van der Waals surface area contributed by atoms with Crippen molar-refractivity contribution < 1.29 is 32.1 Å². The maximum atomic E-state index is 12.1. The molecule has 0 spiro atoms. The van der Waals surface area contributed by atoms with E-state index in [9.17, 15) is 17.4 Å². The summed E-state index contributed by atoms with van der Waals surface area (Å²) in [6.07, 6.45) is -4.54. The highest BCUT2D eigenvalue weighted by Gasteiger charge is 2.31. The number of rotatable bonds is 4. The quantitative estimate of drug-likeness (QED) is 0.809. The topological polar surface area (TPSA) is 66.8 Å². The molecule has 0 saturated carbocycles. The van der Waals surface area contributed by atoms with E-state index in [0.29, 0.717) is 5.56 Å². The largest absolute Gasteiger partial charge is 0.707 e. The van der Waals surface area contributed by atoms with Crippen molar-refractivity contribution in [2.45, 2.75) is 18.0 Å². The summed E-state index contributed by atoms with van der Waals surface area (Å²) in [5.41, 5.74) is 0.400. The summed E-state index contributed by atoms with van der Waals surface area (Å²) in [5, 5.41) is 17.1. The Morgan fingerprint density at radius 3 is 2.50 bits per heavy atom. The van der Waals surface area contributed by atoms with Gasteiger partial charge in [0, 0.05) is 4.90 Å². The lowest BCUT2D eigenvalue weighted by atomic mass is 10.2. The van der Waals surface area contributed by atoms with E-state index < -0.39 is 30.0 Å². The molecule has 0 aliphatic carbocycles. The Labute approximate surface area is 104 Å². The standard InChI is InChI=1S/C9H10BF3O4S/c1-6-2-3-7(17-10(14)15)4-8(6)18(16)5-9(11,12)13/h2-4,14-15H,5H2,1H3. The predicted molar refractivity (Wildman–Crippen MR) is 59.3 cm³/mol. The fourth-order valence-electron chi connectivity index (χ4n) is 1.25. The van der Waals surface area contributed by atoms with E-state index in [1.54, 1.807) is 0 Å². The van der Waals surface area contributed by atoms with Crippen molar-refractivity contribution in [3.8, 4) is 5.75 Å².